The van der Waals surface area contributed by atoms with Crippen molar-refractivity contribution < 1.29 is 8.42 Å². The summed E-state index contributed by atoms with van der Waals surface area (Å²) >= 11 is 0. The van der Waals surface area contributed by atoms with E-state index in [0.717, 1.165) is 6.54 Å². The molecule has 0 aliphatic carbocycles. The second-order valence-corrected chi connectivity index (χ2v) is 6.03. The third-order valence-electron chi connectivity index (χ3n) is 2.78. The summed E-state index contributed by atoms with van der Waals surface area (Å²) in [5.41, 5.74) is 0. The highest BCUT2D eigenvalue weighted by Crippen LogP contribution is 2.13. The van der Waals surface area contributed by atoms with Crippen molar-refractivity contribution in [2.75, 3.05) is 25.4 Å². The zero-order chi connectivity index (χ0) is 12.3. The van der Waals surface area contributed by atoms with Gasteiger partial charge in [-0.05, 0) is 6.54 Å². The van der Waals surface area contributed by atoms with E-state index in [9.17, 15) is 8.42 Å². The number of hydrogen-bond acceptors (Lipinski definition) is 5. The molecule has 96 valence electrons. The van der Waals surface area contributed by atoms with Crippen LogP contribution in [0.1, 0.15) is 12.7 Å². The van der Waals surface area contributed by atoms with Gasteiger partial charge in [-0.25, -0.2) is 8.42 Å². The molecule has 0 spiro atoms. The fourth-order valence-electron chi connectivity index (χ4n) is 1.79. The van der Waals surface area contributed by atoms with Crippen molar-refractivity contribution in [2.24, 2.45) is 0 Å². The average molecular weight is 259 g/mol. The van der Waals surface area contributed by atoms with E-state index >= 15 is 0 Å². The van der Waals surface area contributed by atoms with E-state index < -0.39 is 10.0 Å². The Hall–Kier alpha value is -0.990. The standard InChI is InChI=1S/C9H17N5O2S/c1-2-10-3-6-17(15,16)14-5-4-13-8-11-12-9(13)7-14/h8,10H,2-7H2,1H3. The first-order chi connectivity index (χ1) is 8.13. The maximum absolute atomic E-state index is 12.0. The second kappa shape index (κ2) is 5.11. The highest BCUT2D eigenvalue weighted by molar-refractivity contribution is 7.89. The number of sulfonamides is 1. The number of aromatic nitrogens is 3. The predicted octanol–water partition coefficient (Wildman–Crippen LogP) is -0.967. The van der Waals surface area contributed by atoms with E-state index in [4.69, 9.17) is 0 Å². The van der Waals surface area contributed by atoms with Crippen LogP contribution in [0, 0.1) is 0 Å². The van der Waals surface area contributed by atoms with Gasteiger partial charge in [0.15, 0.2) is 0 Å². The van der Waals surface area contributed by atoms with Crippen LogP contribution in [-0.4, -0.2) is 52.9 Å². The highest BCUT2D eigenvalue weighted by Gasteiger charge is 2.27. The smallest absolute Gasteiger partial charge is 0.215 e. The van der Waals surface area contributed by atoms with Crippen LogP contribution in [-0.2, 0) is 23.1 Å². The molecule has 17 heavy (non-hydrogen) atoms. The van der Waals surface area contributed by atoms with Crippen LogP contribution in [0.3, 0.4) is 0 Å². The minimum atomic E-state index is -3.19. The molecule has 0 saturated heterocycles. The summed E-state index contributed by atoms with van der Waals surface area (Å²) in [5, 5.41) is 10.7. The molecule has 0 bridgehead atoms. The maximum atomic E-state index is 12.0. The van der Waals surface area contributed by atoms with E-state index in [1.54, 1.807) is 6.33 Å². The molecule has 0 saturated carbocycles. The lowest BCUT2D eigenvalue weighted by Gasteiger charge is -2.26. The van der Waals surface area contributed by atoms with E-state index in [0.29, 0.717) is 32.0 Å². The van der Waals surface area contributed by atoms with Crippen LogP contribution < -0.4 is 5.32 Å². The van der Waals surface area contributed by atoms with Gasteiger partial charge < -0.3 is 9.88 Å². The molecule has 0 unspecified atom stereocenters. The normalized spacial score (nSPS) is 17.0. The molecule has 1 aliphatic rings. The van der Waals surface area contributed by atoms with Gasteiger partial charge >= 0.3 is 0 Å². The van der Waals surface area contributed by atoms with Crippen LogP contribution >= 0.6 is 0 Å². The summed E-state index contributed by atoms with van der Waals surface area (Å²) in [6.45, 7) is 4.68. The third-order valence-corrected chi connectivity index (χ3v) is 4.60. The van der Waals surface area contributed by atoms with Crippen molar-refractivity contribution in [1.82, 2.24) is 24.4 Å². The number of fused-ring (bicyclic) bond motifs is 1. The monoisotopic (exact) mass is 259 g/mol. The molecule has 1 aromatic rings. The molecule has 1 aliphatic heterocycles. The summed E-state index contributed by atoms with van der Waals surface area (Å²) in [6, 6.07) is 0. The Morgan fingerprint density at radius 2 is 2.29 bits per heavy atom. The van der Waals surface area contributed by atoms with Crippen LogP contribution in [0.4, 0.5) is 0 Å². The lowest BCUT2D eigenvalue weighted by Crippen LogP contribution is -2.41. The average Bonchev–Trinajstić information content (AvgIpc) is 2.76. The largest absolute Gasteiger partial charge is 0.316 e. The molecule has 2 rings (SSSR count). The summed E-state index contributed by atoms with van der Waals surface area (Å²) < 4.78 is 27.4. The van der Waals surface area contributed by atoms with Crippen molar-refractivity contribution in [3.63, 3.8) is 0 Å². The number of nitrogens with one attached hydrogen (secondary N) is 1. The van der Waals surface area contributed by atoms with Gasteiger partial charge in [-0.15, -0.1) is 10.2 Å². The quantitative estimate of drug-likeness (QED) is 0.688. The SMILES string of the molecule is CCNCCS(=O)(=O)N1CCn2cnnc2C1. The van der Waals surface area contributed by atoms with Crippen molar-refractivity contribution in [3.05, 3.63) is 12.2 Å². The first kappa shape index (κ1) is 12.5. The fourth-order valence-corrected chi connectivity index (χ4v) is 3.12. The number of rotatable bonds is 5. The van der Waals surface area contributed by atoms with Crippen LogP contribution in [0.2, 0.25) is 0 Å². The van der Waals surface area contributed by atoms with Gasteiger partial charge in [-0.3, -0.25) is 0 Å². The van der Waals surface area contributed by atoms with Crippen molar-refractivity contribution >= 4 is 10.0 Å². The molecule has 0 fully saturated rings. The van der Waals surface area contributed by atoms with Gasteiger partial charge in [0.05, 0.1) is 12.3 Å². The molecule has 8 heteroatoms. The molecule has 2 heterocycles. The summed E-state index contributed by atoms with van der Waals surface area (Å²) in [4.78, 5) is 0. The molecule has 0 atom stereocenters. The van der Waals surface area contributed by atoms with E-state index in [1.165, 1.54) is 4.31 Å². The van der Waals surface area contributed by atoms with Crippen LogP contribution in [0.15, 0.2) is 6.33 Å². The van der Waals surface area contributed by atoms with Gasteiger partial charge in [0.25, 0.3) is 0 Å². The van der Waals surface area contributed by atoms with E-state index in [2.05, 4.69) is 15.5 Å². The minimum Gasteiger partial charge on any atom is -0.316 e. The Kier molecular flexibility index (Phi) is 3.75. The number of nitrogens with zero attached hydrogens (tertiary/aromatic N) is 4. The molecule has 0 radical (unpaired) electrons. The van der Waals surface area contributed by atoms with E-state index in [1.807, 2.05) is 11.5 Å². The lowest BCUT2D eigenvalue weighted by molar-refractivity contribution is 0.335. The van der Waals surface area contributed by atoms with Gasteiger partial charge in [-0.1, -0.05) is 6.92 Å². The molecular weight excluding hydrogens is 242 g/mol. The maximum Gasteiger partial charge on any atom is 0.215 e. The van der Waals surface area contributed by atoms with Crippen LogP contribution in [0.5, 0.6) is 0 Å². The Morgan fingerprint density at radius 1 is 1.47 bits per heavy atom. The summed E-state index contributed by atoms with van der Waals surface area (Å²) in [7, 11) is -3.19. The Bertz CT molecular complexity index is 469. The zero-order valence-corrected chi connectivity index (χ0v) is 10.7. The molecule has 7 nitrogen and oxygen atoms in total. The van der Waals surface area contributed by atoms with Crippen molar-refractivity contribution in [3.8, 4) is 0 Å². The zero-order valence-electron chi connectivity index (χ0n) is 9.83. The lowest BCUT2D eigenvalue weighted by atomic mass is 10.4. The Morgan fingerprint density at radius 3 is 3.06 bits per heavy atom. The molecule has 1 N–H and O–H groups in total. The predicted molar refractivity (Wildman–Crippen MR) is 62.8 cm³/mol. The van der Waals surface area contributed by atoms with E-state index in [-0.39, 0.29) is 5.75 Å². The second-order valence-electron chi connectivity index (χ2n) is 3.94. The molecule has 0 amide bonds. The van der Waals surface area contributed by atoms with Gasteiger partial charge in [-0.2, -0.15) is 4.31 Å². The molecule has 0 aromatic carbocycles. The highest BCUT2D eigenvalue weighted by atomic mass is 32.2. The first-order valence-corrected chi connectivity index (χ1v) is 7.29. The van der Waals surface area contributed by atoms with Crippen molar-refractivity contribution in [1.29, 1.82) is 0 Å². The summed E-state index contributed by atoms with van der Waals surface area (Å²) in [6.07, 6.45) is 1.64. The number of hydrogen-bond donors (Lipinski definition) is 1. The first-order valence-electron chi connectivity index (χ1n) is 5.68. The molecule has 1 aromatic heterocycles. The van der Waals surface area contributed by atoms with Crippen LogP contribution in [0.25, 0.3) is 0 Å². The Balaban J connectivity index is 2.00. The third kappa shape index (κ3) is 2.82. The van der Waals surface area contributed by atoms with Gasteiger partial charge in [0.1, 0.15) is 12.2 Å². The van der Waals surface area contributed by atoms with Gasteiger partial charge in [0.2, 0.25) is 10.0 Å². The van der Waals surface area contributed by atoms with Gasteiger partial charge in [0, 0.05) is 19.6 Å². The summed E-state index contributed by atoms with van der Waals surface area (Å²) in [5.74, 6) is 0.845. The minimum absolute atomic E-state index is 0.134. The van der Waals surface area contributed by atoms with Crippen molar-refractivity contribution in [2.45, 2.75) is 20.0 Å². The fraction of sp³-hybridized carbons (Fsp3) is 0.778. The Labute approximate surface area is 101 Å². The topological polar surface area (TPSA) is 80.1 Å². The molecular formula is C9H17N5O2S.